The second-order valence-electron chi connectivity index (χ2n) is 5.48. The van der Waals surface area contributed by atoms with Gasteiger partial charge in [0.25, 0.3) is 0 Å². The highest BCUT2D eigenvalue weighted by atomic mass is 33.1. The summed E-state index contributed by atoms with van der Waals surface area (Å²) in [5.41, 5.74) is 1.61. The molecule has 0 aliphatic rings. The smallest absolute Gasteiger partial charge is 0.336 e. The average Bonchev–Trinajstić information content (AvgIpc) is 2.61. The number of aryl methyl sites for hydroxylation is 1. The molecule has 0 heterocycles. The zero-order valence-electron chi connectivity index (χ0n) is 13.7. The molecule has 0 aliphatic carbocycles. The first-order valence-electron chi connectivity index (χ1n) is 8.02. The molecule has 0 unspecified atom stereocenters. The molecule has 0 aliphatic heterocycles. The van der Waals surface area contributed by atoms with E-state index in [9.17, 15) is 9.59 Å². The standard InChI is InChI=1S/C19H20O4S2/c20-18(21)15-10-4-3-9-14(15)8-2-1-7-13-24-25-17-12-6-5-11-16(17)19(22)23/h3-6,9-12H,1-2,7-8,13H2,(H,20,21)(H,22,23). The Kier molecular flexibility index (Phi) is 7.88. The zero-order valence-corrected chi connectivity index (χ0v) is 15.3. The second kappa shape index (κ2) is 10.2. The summed E-state index contributed by atoms with van der Waals surface area (Å²) in [6.45, 7) is 0. The van der Waals surface area contributed by atoms with E-state index in [-0.39, 0.29) is 0 Å². The third kappa shape index (κ3) is 6.14. The van der Waals surface area contributed by atoms with Crippen molar-refractivity contribution in [3.8, 4) is 0 Å². The molecule has 0 radical (unpaired) electrons. The summed E-state index contributed by atoms with van der Waals surface area (Å²) in [5, 5.41) is 18.3. The zero-order chi connectivity index (χ0) is 18.1. The van der Waals surface area contributed by atoms with Crippen molar-refractivity contribution in [1.29, 1.82) is 0 Å². The molecule has 0 saturated heterocycles. The minimum Gasteiger partial charge on any atom is -0.478 e. The van der Waals surface area contributed by atoms with Gasteiger partial charge in [-0.3, -0.25) is 0 Å². The van der Waals surface area contributed by atoms with Crippen molar-refractivity contribution >= 4 is 33.5 Å². The van der Waals surface area contributed by atoms with Crippen molar-refractivity contribution in [3.63, 3.8) is 0 Å². The lowest BCUT2D eigenvalue weighted by Crippen LogP contribution is -2.02. The third-order valence-electron chi connectivity index (χ3n) is 3.69. The predicted octanol–water partition coefficient (Wildman–Crippen LogP) is 5.24. The van der Waals surface area contributed by atoms with Crippen molar-refractivity contribution in [1.82, 2.24) is 0 Å². The van der Waals surface area contributed by atoms with Crippen LogP contribution in [0.1, 0.15) is 45.5 Å². The highest BCUT2D eigenvalue weighted by Crippen LogP contribution is 2.34. The first kappa shape index (κ1) is 19.4. The summed E-state index contributed by atoms with van der Waals surface area (Å²) >= 11 is 0. The van der Waals surface area contributed by atoms with Gasteiger partial charge >= 0.3 is 11.9 Å². The SMILES string of the molecule is O=C(O)c1ccccc1CCCCCSSc1ccccc1C(=O)O. The van der Waals surface area contributed by atoms with Gasteiger partial charge in [-0.1, -0.05) is 58.3 Å². The molecule has 2 aromatic rings. The predicted molar refractivity (Wildman–Crippen MR) is 103 cm³/mol. The van der Waals surface area contributed by atoms with Gasteiger partial charge in [-0.2, -0.15) is 0 Å². The van der Waals surface area contributed by atoms with Crippen LogP contribution in [-0.2, 0) is 6.42 Å². The molecule has 4 nitrogen and oxygen atoms in total. The monoisotopic (exact) mass is 376 g/mol. The number of unbranched alkanes of at least 4 members (excludes halogenated alkanes) is 2. The average molecular weight is 376 g/mol. The molecule has 0 fully saturated rings. The fraction of sp³-hybridized carbons (Fsp3) is 0.263. The molecule has 2 rings (SSSR count). The van der Waals surface area contributed by atoms with Crippen molar-refractivity contribution in [2.24, 2.45) is 0 Å². The summed E-state index contributed by atoms with van der Waals surface area (Å²) in [5.74, 6) is -0.848. The van der Waals surface area contributed by atoms with Crippen molar-refractivity contribution < 1.29 is 19.8 Å². The minimum absolute atomic E-state index is 0.338. The van der Waals surface area contributed by atoms with Gasteiger partial charge in [0.2, 0.25) is 0 Å². The first-order chi connectivity index (χ1) is 12.1. The van der Waals surface area contributed by atoms with E-state index in [2.05, 4.69) is 0 Å². The third-order valence-corrected chi connectivity index (χ3v) is 6.19. The Morgan fingerprint density at radius 1 is 0.800 bits per heavy atom. The fourth-order valence-corrected chi connectivity index (χ4v) is 4.75. The van der Waals surface area contributed by atoms with E-state index in [1.165, 1.54) is 10.8 Å². The Hall–Kier alpha value is -1.92. The highest BCUT2D eigenvalue weighted by molar-refractivity contribution is 8.76. The van der Waals surface area contributed by atoms with Gasteiger partial charge in [0.1, 0.15) is 0 Å². The van der Waals surface area contributed by atoms with Gasteiger partial charge in [0.05, 0.1) is 11.1 Å². The molecule has 132 valence electrons. The van der Waals surface area contributed by atoms with Crippen LogP contribution < -0.4 is 0 Å². The summed E-state index contributed by atoms with van der Waals surface area (Å²) in [7, 11) is 3.15. The van der Waals surface area contributed by atoms with Crippen LogP contribution in [0.2, 0.25) is 0 Å². The van der Waals surface area contributed by atoms with Crippen LogP contribution in [0.5, 0.6) is 0 Å². The maximum Gasteiger partial charge on any atom is 0.336 e. The fourth-order valence-electron chi connectivity index (χ4n) is 2.42. The molecule has 6 heteroatoms. The summed E-state index contributed by atoms with van der Waals surface area (Å²) in [6, 6.07) is 14.1. The normalized spacial score (nSPS) is 10.6. The van der Waals surface area contributed by atoms with Crippen LogP contribution in [0, 0.1) is 0 Å². The molecule has 0 spiro atoms. The largest absolute Gasteiger partial charge is 0.478 e. The Morgan fingerprint density at radius 3 is 2.16 bits per heavy atom. The van der Waals surface area contributed by atoms with E-state index in [4.69, 9.17) is 10.2 Å². The lowest BCUT2D eigenvalue weighted by Gasteiger charge is -2.06. The van der Waals surface area contributed by atoms with Crippen molar-refractivity contribution in [3.05, 3.63) is 65.2 Å². The number of carboxylic acids is 2. The molecule has 0 amide bonds. The molecule has 2 aromatic carbocycles. The molecular weight excluding hydrogens is 356 g/mol. The van der Waals surface area contributed by atoms with Crippen LogP contribution in [0.3, 0.4) is 0 Å². The minimum atomic E-state index is -0.902. The number of benzene rings is 2. The number of carbonyl (C=O) groups is 2. The van der Waals surface area contributed by atoms with Crippen molar-refractivity contribution in [2.45, 2.75) is 30.6 Å². The van der Waals surface area contributed by atoms with E-state index in [0.29, 0.717) is 11.1 Å². The molecule has 0 saturated carbocycles. The second-order valence-corrected chi connectivity index (χ2v) is 7.94. The van der Waals surface area contributed by atoms with Crippen LogP contribution in [0.4, 0.5) is 0 Å². The van der Waals surface area contributed by atoms with Gasteiger partial charge in [0, 0.05) is 10.6 Å². The molecule has 0 atom stereocenters. The molecular formula is C19H20O4S2. The number of aromatic carboxylic acids is 2. The summed E-state index contributed by atoms with van der Waals surface area (Å²) in [4.78, 5) is 23.1. The van der Waals surface area contributed by atoms with Crippen LogP contribution in [-0.4, -0.2) is 27.9 Å². The van der Waals surface area contributed by atoms with Crippen molar-refractivity contribution in [2.75, 3.05) is 5.75 Å². The molecule has 0 aromatic heterocycles. The topological polar surface area (TPSA) is 74.6 Å². The lowest BCUT2D eigenvalue weighted by molar-refractivity contribution is 0.0683. The van der Waals surface area contributed by atoms with Gasteiger partial charge in [-0.05, 0) is 43.0 Å². The first-order valence-corrected chi connectivity index (χ1v) is 10.3. The number of carboxylic acid groups (broad SMARTS) is 2. The molecule has 25 heavy (non-hydrogen) atoms. The molecule has 2 N–H and O–H groups in total. The van der Waals surface area contributed by atoms with E-state index < -0.39 is 11.9 Å². The van der Waals surface area contributed by atoms with Gasteiger partial charge < -0.3 is 10.2 Å². The maximum atomic E-state index is 11.2. The Morgan fingerprint density at radius 2 is 1.44 bits per heavy atom. The number of hydrogen-bond donors (Lipinski definition) is 2. The van der Waals surface area contributed by atoms with E-state index in [1.807, 2.05) is 24.3 Å². The lowest BCUT2D eigenvalue weighted by atomic mass is 10.0. The van der Waals surface area contributed by atoms with Crippen LogP contribution in [0.15, 0.2) is 53.4 Å². The number of rotatable bonds is 10. The van der Waals surface area contributed by atoms with E-state index in [0.717, 1.165) is 41.9 Å². The summed E-state index contributed by atoms with van der Waals surface area (Å²) < 4.78 is 0. The Bertz CT molecular complexity index is 669. The quantitative estimate of drug-likeness (QED) is 0.436. The molecule has 0 bridgehead atoms. The maximum absolute atomic E-state index is 11.2. The van der Waals surface area contributed by atoms with E-state index in [1.54, 1.807) is 35.1 Å². The number of hydrogen-bond acceptors (Lipinski definition) is 4. The van der Waals surface area contributed by atoms with E-state index >= 15 is 0 Å². The van der Waals surface area contributed by atoms with Crippen LogP contribution in [0.25, 0.3) is 0 Å². The summed E-state index contributed by atoms with van der Waals surface area (Å²) in [6.07, 6.45) is 3.74. The van der Waals surface area contributed by atoms with Gasteiger partial charge in [-0.15, -0.1) is 0 Å². The van der Waals surface area contributed by atoms with Gasteiger partial charge in [-0.25, -0.2) is 9.59 Å². The Balaban J connectivity index is 1.68. The van der Waals surface area contributed by atoms with Crippen LogP contribution >= 0.6 is 21.6 Å². The Labute approximate surface area is 155 Å². The highest BCUT2D eigenvalue weighted by Gasteiger charge is 2.10. The van der Waals surface area contributed by atoms with Gasteiger partial charge in [0.15, 0.2) is 0 Å².